The first-order chi connectivity index (χ1) is 16.1. The summed E-state index contributed by atoms with van der Waals surface area (Å²) in [5.74, 6) is 0.738. The van der Waals surface area contributed by atoms with Gasteiger partial charge in [0.1, 0.15) is 0 Å². The first-order valence-electron chi connectivity index (χ1n) is 10.9. The summed E-state index contributed by atoms with van der Waals surface area (Å²) in [5.41, 5.74) is 2.11. The van der Waals surface area contributed by atoms with E-state index in [-0.39, 0.29) is 17.6 Å². The molecule has 2 aromatic heterocycles. The zero-order valence-corrected chi connectivity index (χ0v) is 18.0. The summed E-state index contributed by atoms with van der Waals surface area (Å²) in [4.78, 5) is 30.0. The zero-order chi connectivity index (χ0) is 22.9. The molecular formula is C23H22N6O4. The normalized spacial score (nSPS) is 16.3. The molecule has 10 heteroatoms. The Hall–Kier alpha value is -4.08. The van der Waals surface area contributed by atoms with E-state index < -0.39 is 4.92 Å². The van der Waals surface area contributed by atoms with Crippen LogP contribution in [-0.2, 0) is 9.53 Å². The third-order valence-electron chi connectivity index (χ3n) is 5.89. The maximum absolute atomic E-state index is 12.4. The van der Waals surface area contributed by atoms with Gasteiger partial charge in [0.05, 0.1) is 23.0 Å². The number of para-hydroxylation sites is 1. The van der Waals surface area contributed by atoms with Crippen LogP contribution in [-0.4, -0.2) is 50.2 Å². The van der Waals surface area contributed by atoms with Crippen molar-refractivity contribution in [2.75, 3.05) is 24.6 Å². The number of aromatic nitrogens is 4. The fourth-order valence-corrected chi connectivity index (χ4v) is 4.31. The van der Waals surface area contributed by atoms with Crippen LogP contribution in [0.1, 0.15) is 19.8 Å². The standard InChI is InChI=1S/C23H22N6O4/c1-2-33-22(30)16-6-5-13-27(14-16)23-24-19-8-4-3-7-18(19)21-26-25-20(28(21)23)15-9-11-17(12-10-15)29(31)32/h3-4,7-12,16H,2,5-6,13-14H2,1H3/t16-/m1/s1. The van der Waals surface area contributed by atoms with Crippen LogP contribution >= 0.6 is 0 Å². The molecule has 4 aromatic rings. The van der Waals surface area contributed by atoms with Gasteiger partial charge in [0.25, 0.3) is 5.69 Å². The highest BCUT2D eigenvalue weighted by atomic mass is 16.6. The van der Waals surface area contributed by atoms with Crippen LogP contribution in [0.3, 0.4) is 0 Å². The van der Waals surface area contributed by atoms with E-state index in [0.717, 1.165) is 30.3 Å². The van der Waals surface area contributed by atoms with Crippen molar-refractivity contribution < 1.29 is 14.5 Å². The molecule has 0 spiro atoms. The van der Waals surface area contributed by atoms with Crippen molar-refractivity contribution in [1.82, 2.24) is 19.6 Å². The van der Waals surface area contributed by atoms with Gasteiger partial charge in [-0.3, -0.25) is 14.9 Å². The highest BCUT2D eigenvalue weighted by molar-refractivity contribution is 5.93. The molecule has 0 amide bonds. The van der Waals surface area contributed by atoms with Crippen molar-refractivity contribution in [3.8, 4) is 11.4 Å². The number of fused-ring (bicyclic) bond motifs is 3. The number of ether oxygens (including phenoxy) is 1. The highest BCUT2D eigenvalue weighted by Crippen LogP contribution is 2.31. The first kappa shape index (κ1) is 20.8. The second-order valence-corrected chi connectivity index (χ2v) is 7.95. The van der Waals surface area contributed by atoms with Gasteiger partial charge in [0, 0.05) is 36.2 Å². The number of nitro benzene ring substituents is 1. The Balaban J connectivity index is 1.66. The van der Waals surface area contributed by atoms with Crippen molar-refractivity contribution in [3.63, 3.8) is 0 Å². The minimum Gasteiger partial charge on any atom is -0.466 e. The number of piperidine rings is 1. The third-order valence-corrected chi connectivity index (χ3v) is 5.89. The molecular weight excluding hydrogens is 424 g/mol. The SMILES string of the molecule is CCOC(=O)[C@@H]1CCCN(c2nc3ccccc3c3nnc(-c4ccc([N+](=O)[O-])cc4)n23)C1. The summed E-state index contributed by atoms with van der Waals surface area (Å²) >= 11 is 0. The maximum atomic E-state index is 12.4. The second kappa shape index (κ2) is 8.45. The average Bonchev–Trinajstić information content (AvgIpc) is 3.29. The molecule has 0 unspecified atom stereocenters. The fourth-order valence-electron chi connectivity index (χ4n) is 4.31. The smallest absolute Gasteiger partial charge is 0.310 e. The van der Waals surface area contributed by atoms with Crippen molar-refractivity contribution in [2.24, 2.45) is 5.92 Å². The van der Waals surface area contributed by atoms with Crippen LogP contribution in [0.5, 0.6) is 0 Å². The average molecular weight is 446 g/mol. The van der Waals surface area contributed by atoms with Gasteiger partial charge >= 0.3 is 5.97 Å². The van der Waals surface area contributed by atoms with Crippen LogP contribution in [0.25, 0.3) is 27.9 Å². The molecule has 5 rings (SSSR count). The number of non-ortho nitro benzene ring substituents is 1. The lowest BCUT2D eigenvalue weighted by Crippen LogP contribution is -2.40. The number of esters is 1. The lowest BCUT2D eigenvalue weighted by Gasteiger charge is -2.32. The van der Waals surface area contributed by atoms with Gasteiger partial charge in [-0.2, -0.15) is 0 Å². The Morgan fingerprint density at radius 2 is 1.97 bits per heavy atom. The van der Waals surface area contributed by atoms with Crippen LogP contribution in [0.2, 0.25) is 0 Å². The van der Waals surface area contributed by atoms with E-state index in [0.29, 0.717) is 36.1 Å². The van der Waals surface area contributed by atoms with E-state index in [9.17, 15) is 14.9 Å². The second-order valence-electron chi connectivity index (χ2n) is 7.95. The maximum Gasteiger partial charge on any atom is 0.310 e. The van der Waals surface area contributed by atoms with Crippen molar-refractivity contribution in [1.29, 1.82) is 0 Å². The Labute approximate surface area is 189 Å². The third kappa shape index (κ3) is 3.73. The summed E-state index contributed by atoms with van der Waals surface area (Å²) in [6.45, 7) is 3.37. The largest absolute Gasteiger partial charge is 0.466 e. The van der Waals surface area contributed by atoms with Crippen LogP contribution in [0.15, 0.2) is 48.5 Å². The number of nitro groups is 1. The van der Waals surface area contributed by atoms with Gasteiger partial charge in [0.2, 0.25) is 5.95 Å². The van der Waals surface area contributed by atoms with E-state index in [1.807, 2.05) is 28.7 Å². The van der Waals surface area contributed by atoms with Gasteiger partial charge in [-0.15, -0.1) is 10.2 Å². The molecule has 1 atom stereocenters. The topological polar surface area (TPSA) is 116 Å². The summed E-state index contributed by atoms with van der Waals surface area (Å²) in [7, 11) is 0. The molecule has 0 radical (unpaired) electrons. The van der Waals surface area contributed by atoms with Crippen LogP contribution < -0.4 is 4.90 Å². The van der Waals surface area contributed by atoms with E-state index in [1.165, 1.54) is 12.1 Å². The van der Waals surface area contributed by atoms with E-state index in [1.54, 1.807) is 19.1 Å². The quantitative estimate of drug-likeness (QED) is 0.259. The molecule has 1 fully saturated rings. The van der Waals surface area contributed by atoms with Gasteiger partial charge < -0.3 is 9.64 Å². The van der Waals surface area contributed by atoms with Gasteiger partial charge in [-0.1, -0.05) is 12.1 Å². The number of anilines is 1. The number of hydrogen-bond donors (Lipinski definition) is 0. The van der Waals surface area contributed by atoms with Crippen molar-refractivity contribution in [2.45, 2.75) is 19.8 Å². The molecule has 168 valence electrons. The summed E-state index contributed by atoms with van der Waals surface area (Å²) in [6.07, 6.45) is 1.60. The molecule has 0 N–H and O–H groups in total. The first-order valence-corrected chi connectivity index (χ1v) is 10.9. The number of hydrogen-bond acceptors (Lipinski definition) is 8. The van der Waals surface area contributed by atoms with Gasteiger partial charge in [0.15, 0.2) is 11.5 Å². The predicted molar refractivity (Wildman–Crippen MR) is 122 cm³/mol. The molecule has 3 heterocycles. The number of benzene rings is 2. The molecule has 0 aliphatic carbocycles. The molecule has 10 nitrogen and oxygen atoms in total. The number of rotatable bonds is 5. The monoisotopic (exact) mass is 446 g/mol. The van der Waals surface area contributed by atoms with E-state index in [4.69, 9.17) is 9.72 Å². The number of carbonyl (C=O) groups is 1. The summed E-state index contributed by atoms with van der Waals surface area (Å²) in [5, 5.41) is 20.8. The van der Waals surface area contributed by atoms with Gasteiger partial charge in [-0.25, -0.2) is 9.38 Å². The molecule has 1 aliphatic rings. The number of carbonyl (C=O) groups excluding carboxylic acids is 1. The molecule has 33 heavy (non-hydrogen) atoms. The Morgan fingerprint density at radius 3 is 2.73 bits per heavy atom. The molecule has 0 bridgehead atoms. The lowest BCUT2D eigenvalue weighted by atomic mass is 9.98. The van der Waals surface area contributed by atoms with Crippen LogP contribution in [0, 0.1) is 16.0 Å². The van der Waals surface area contributed by atoms with Gasteiger partial charge in [-0.05, 0) is 44.0 Å². The van der Waals surface area contributed by atoms with E-state index in [2.05, 4.69) is 15.1 Å². The minimum atomic E-state index is -0.435. The molecule has 1 aliphatic heterocycles. The van der Waals surface area contributed by atoms with Crippen LogP contribution in [0.4, 0.5) is 11.6 Å². The molecule has 1 saturated heterocycles. The Kier molecular flexibility index (Phi) is 5.33. The zero-order valence-electron chi connectivity index (χ0n) is 18.0. The Bertz CT molecular complexity index is 1350. The number of nitrogens with zero attached hydrogens (tertiary/aromatic N) is 6. The molecule has 0 saturated carbocycles. The highest BCUT2D eigenvalue weighted by Gasteiger charge is 2.30. The lowest BCUT2D eigenvalue weighted by molar-refractivity contribution is -0.384. The minimum absolute atomic E-state index is 0.00433. The molecule has 2 aromatic carbocycles. The summed E-state index contributed by atoms with van der Waals surface area (Å²) < 4.78 is 7.13. The van der Waals surface area contributed by atoms with E-state index >= 15 is 0 Å². The predicted octanol–water partition coefficient (Wildman–Crippen LogP) is 3.63. The van der Waals surface area contributed by atoms with Crippen molar-refractivity contribution >= 4 is 34.2 Å². The fraction of sp³-hybridized carbons (Fsp3) is 0.304. The Morgan fingerprint density at radius 1 is 1.18 bits per heavy atom. The summed E-state index contributed by atoms with van der Waals surface area (Å²) in [6, 6.07) is 13.9. The van der Waals surface area contributed by atoms with Crippen molar-refractivity contribution in [3.05, 3.63) is 58.6 Å².